The molecule has 10 heteroatoms. The number of carbonyl (C=O) groups is 3. The Kier molecular flexibility index (Phi) is 7.13. The summed E-state index contributed by atoms with van der Waals surface area (Å²) in [4.78, 5) is 45.3. The fourth-order valence-corrected chi connectivity index (χ4v) is 5.45. The number of aliphatic hydroxyl groups excluding tert-OH is 1. The lowest BCUT2D eigenvalue weighted by atomic mass is 10.00. The predicted octanol–water partition coefficient (Wildman–Crippen LogP) is 4.88. The third-order valence-corrected chi connectivity index (χ3v) is 7.27. The van der Waals surface area contributed by atoms with Gasteiger partial charge < -0.3 is 14.6 Å². The van der Waals surface area contributed by atoms with E-state index in [-0.39, 0.29) is 27.9 Å². The van der Waals surface area contributed by atoms with E-state index in [2.05, 4.69) is 11.6 Å². The maximum Gasteiger partial charge on any atom is 0.350 e. The van der Waals surface area contributed by atoms with Crippen LogP contribution in [-0.4, -0.2) is 41.0 Å². The number of esters is 1. The molecule has 8 nitrogen and oxygen atoms in total. The van der Waals surface area contributed by atoms with E-state index < -0.39 is 23.7 Å². The topological polar surface area (TPSA) is 106 Å². The minimum Gasteiger partial charge on any atom is -0.507 e. The Balaban J connectivity index is 1.80. The van der Waals surface area contributed by atoms with Gasteiger partial charge in [0.1, 0.15) is 29.0 Å². The molecule has 1 aliphatic rings. The number of hydrogen-bond donors (Lipinski definition) is 1. The average molecular weight is 511 g/mol. The minimum absolute atomic E-state index is 0.0530. The number of thiophene rings is 1. The van der Waals surface area contributed by atoms with E-state index in [1.807, 2.05) is 5.38 Å². The third kappa shape index (κ3) is 4.62. The van der Waals surface area contributed by atoms with Gasteiger partial charge in [-0.15, -0.1) is 11.3 Å². The molecule has 0 radical (unpaired) electrons. The number of aryl methyl sites for hydroxylation is 1. The van der Waals surface area contributed by atoms with Gasteiger partial charge in [-0.2, -0.15) is 0 Å². The van der Waals surface area contributed by atoms with Crippen LogP contribution in [0.2, 0.25) is 0 Å². The highest BCUT2D eigenvalue weighted by molar-refractivity contribution is 7.18. The zero-order valence-corrected chi connectivity index (χ0v) is 20.6. The zero-order valence-electron chi connectivity index (χ0n) is 19.0. The van der Waals surface area contributed by atoms with Gasteiger partial charge in [-0.25, -0.2) is 9.78 Å². The Hall–Kier alpha value is -3.76. The lowest BCUT2D eigenvalue weighted by molar-refractivity contribution is -0.132. The van der Waals surface area contributed by atoms with Crippen LogP contribution in [0.15, 0.2) is 60.0 Å². The molecule has 1 unspecified atom stereocenters. The Morgan fingerprint density at radius 2 is 2.00 bits per heavy atom. The summed E-state index contributed by atoms with van der Waals surface area (Å²) < 4.78 is 10.6. The Morgan fingerprint density at radius 3 is 2.63 bits per heavy atom. The lowest BCUT2D eigenvalue weighted by Gasteiger charge is -2.21. The highest BCUT2D eigenvalue weighted by Gasteiger charge is 2.48. The van der Waals surface area contributed by atoms with Crippen molar-refractivity contribution in [1.82, 2.24) is 4.98 Å². The lowest BCUT2D eigenvalue weighted by Crippen LogP contribution is -2.29. The number of thiazole rings is 1. The maximum atomic E-state index is 13.2. The van der Waals surface area contributed by atoms with Crippen LogP contribution in [0.4, 0.5) is 5.13 Å². The molecule has 3 heterocycles. The van der Waals surface area contributed by atoms with E-state index in [9.17, 15) is 19.5 Å². The van der Waals surface area contributed by atoms with Crippen LogP contribution in [0, 0.1) is 6.92 Å². The molecular weight excluding hydrogens is 488 g/mol. The van der Waals surface area contributed by atoms with Gasteiger partial charge >= 0.3 is 11.9 Å². The summed E-state index contributed by atoms with van der Waals surface area (Å²) in [5, 5.41) is 13.2. The summed E-state index contributed by atoms with van der Waals surface area (Å²) in [5.74, 6) is -1.95. The second-order valence-corrected chi connectivity index (χ2v) is 9.40. The fourth-order valence-electron chi connectivity index (χ4n) is 3.64. The fraction of sp³-hybridized carbons (Fsp3) is 0.200. The molecule has 1 saturated heterocycles. The van der Waals surface area contributed by atoms with Gasteiger partial charge in [0.05, 0.1) is 17.9 Å². The molecule has 3 aromatic rings. The molecule has 1 atom stereocenters. The van der Waals surface area contributed by atoms with E-state index in [1.54, 1.807) is 56.3 Å². The molecule has 1 aliphatic heterocycles. The van der Waals surface area contributed by atoms with Gasteiger partial charge in [-0.3, -0.25) is 14.5 Å². The molecule has 180 valence electrons. The first kappa shape index (κ1) is 24.4. The number of amides is 1. The first-order valence-corrected chi connectivity index (χ1v) is 12.4. The molecule has 0 aliphatic carbocycles. The number of Topliss-reactive ketones (excluding diaryl/α,β-unsaturated/α-hetero) is 1. The summed E-state index contributed by atoms with van der Waals surface area (Å²) in [7, 11) is 0. The van der Waals surface area contributed by atoms with Crippen LogP contribution >= 0.6 is 22.7 Å². The highest BCUT2D eigenvalue weighted by atomic mass is 32.1. The number of nitrogens with zero attached hydrogens (tertiary/aromatic N) is 2. The molecule has 1 amide bonds. The monoisotopic (exact) mass is 510 g/mol. The van der Waals surface area contributed by atoms with Crippen LogP contribution in [0.25, 0.3) is 5.76 Å². The molecule has 0 saturated carbocycles. The third-order valence-electron chi connectivity index (χ3n) is 5.20. The van der Waals surface area contributed by atoms with Crippen molar-refractivity contribution in [2.24, 2.45) is 0 Å². The SMILES string of the molecule is C=CCOc1ccc(/C(O)=C2\C(=O)C(=O)N(c3nc(C)c(C(=O)OCC)s3)C2c2cccs2)cc1. The largest absolute Gasteiger partial charge is 0.507 e. The van der Waals surface area contributed by atoms with Crippen LogP contribution in [0.3, 0.4) is 0 Å². The number of aliphatic hydroxyl groups is 1. The van der Waals surface area contributed by atoms with Crippen molar-refractivity contribution < 1.29 is 29.0 Å². The summed E-state index contributed by atoms with van der Waals surface area (Å²) in [5.41, 5.74) is 0.700. The van der Waals surface area contributed by atoms with Crippen molar-refractivity contribution in [3.63, 3.8) is 0 Å². The van der Waals surface area contributed by atoms with E-state index in [1.165, 1.54) is 16.2 Å². The van der Waals surface area contributed by atoms with Crippen molar-refractivity contribution in [3.8, 4) is 5.75 Å². The number of aromatic nitrogens is 1. The van der Waals surface area contributed by atoms with Crippen molar-refractivity contribution in [2.45, 2.75) is 19.9 Å². The van der Waals surface area contributed by atoms with Crippen molar-refractivity contribution in [2.75, 3.05) is 18.1 Å². The van der Waals surface area contributed by atoms with E-state index in [0.29, 0.717) is 28.5 Å². The molecule has 2 aromatic heterocycles. The van der Waals surface area contributed by atoms with Crippen molar-refractivity contribution in [1.29, 1.82) is 0 Å². The number of hydrogen-bond acceptors (Lipinski definition) is 9. The Labute approximate surface area is 209 Å². The van der Waals surface area contributed by atoms with Crippen LogP contribution < -0.4 is 9.64 Å². The number of ether oxygens (including phenoxy) is 2. The van der Waals surface area contributed by atoms with Crippen LogP contribution in [0.1, 0.15) is 38.8 Å². The first-order chi connectivity index (χ1) is 16.9. The highest BCUT2D eigenvalue weighted by Crippen LogP contribution is 2.45. The normalized spacial score (nSPS) is 17.0. The van der Waals surface area contributed by atoms with Gasteiger partial charge in [0.2, 0.25) is 0 Å². The molecule has 0 spiro atoms. The second kappa shape index (κ2) is 10.2. The summed E-state index contributed by atoms with van der Waals surface area (Å²) in [6.45, 7) is 7.47. The number of benzene rings is 1. The Bertz CT molecular complexity index is 1310. The van der Waals surface area contributed by atoms with E-state index in [0.717, 1.165) is 11.3 Å². The van der Waals surface area contributed by atoms with Gasteiger partial charge in [-0.1, -0.05) is 30.1 Å². The summed E-state index contributed by atoms with van der Waals surface area (Å²) in [6, 6.07) is 9.21. The minimum atomic E-state index is -0.896. The summed E-state index contributed by atoms with van der Waals surface area (Å²) in [6.07, 6.45) is 1.62. The van der Waals surface area contributed by atoms with Crippen LogP contribution in [-0.2, 0) is 14.3 Å². The molecule has 1 N–H and O–H groups in total. The van der Waals surface area contributed by atoms with Crippen LogP contribution in [0.5, 0.6) is 5.75 Å². The molecule has 0 bridgehead atoms. The second-order valence-electron chi connectivity index (χ2n) is 7.44. The zero-order chi connectivity index (χ0) is 25.1. The van der Waals surface area contributed by atoms with Gasteiger partial charge in [0.25, 0.3) is 5.78 Å². The summed E-state index contributed by atoms with van der Waals surface area (Å²) >= 11 is 2.31. The van der Waals surface area contributed by atoms with Gasteiger partial charge in [0, 0.05) is 10.4 Å². The molecule has 1 fully saturated rings. The molecule has 4 rings (SSSR count). The molecular formula is C25H22N2O6S2. The number of anilines is 1. The quantitative estimate of drug-likeness (QED) is 0.151. The van der Waals surface area contributed by atoms with Gasteiger partial charge in [-0.05, 0) is 49.6 Å². The smallest absolute Gasteiger partial charge is 0.350 e. The molecule has 35 heavy (non-hydrogen) atoms. The average Bonchev–Trinajstić information content (AvgIpc) is 3.57. The standard InChI is InChI=1S/C25H22N2O6S2/c1-4-12-33-16-10-8-15(9-11-16)20(28)18-19(17-7-6-13-34-17)27(23(30)21(18)29)25-26-14(3)22(35-25)24(31)32-5-2/h4,6-11,13,19,28H,1,5,12H2,2-3H3/b20-18+. The van der Waals surface area contributed by atoms with Crippen molar-refractivity contribution >= 4 is 51.2 Å². The number of rotatable bonds is 8. The number of carbonyl (C=O) groups excluding carboxylic acids is 3. The van der Waals surface area contributed by atoms with Crippen molar-refractivity contribution in [3.05, 3.63) is 81.0 Å². The van der Waals surface area contributed by atoms with E-state index in [4.69, 9.17) is 9.47 Å². The Morgan fingerprint density at radius 1 is 1.26 bits per heavy atom. The number of ketones is 1. The first-order valence-electron chi connectivity index (χ1n) is 10.7. The van der Waals surface area contributed by atoms with Gasteiger partial charge in [0.15, 0.2) is 5.13 Å². The maximum absolute atomic E-state index is 13.2. The predicted molar refractivity (Wildman–Crippen MR) is 134 cm³/mol. The van der Waals surface area contributed by atoms with E-state index >= 15 is 0 Å². The molecule has 1 aromatic carbocycles.